The van der Waals surface area contributed by atoms with Gasteiger partial charge in [0.1, 0.15) is 0 Å². The van der Waals surface area contributed by atoms with E-state index in [4.69, 9.17) is 9.52 Å². The maximum absolute atomic E-state index is 12.4. The van der Waals surface area contributed by atoms with E-state index in [0.29, 0.717) is 5.92 Å². The van der Waals surface area contributed by atoms with Crippen LogP contribution in [-0.4, -0.2) is 51.7 Å². The molecule has 27 heavy (non-hydrogen) atoms. The molecule has 1 aliphatic heterocycles. The normalized spacial score (nSPS) is 15.9. The van der Waals surface area contributed by atoms with Gasteiger partial charge in [0.05, 0.1) is 36.5 Å². The highest BCUT2D eigenvalue weighted by Gasteiger charge is 2.26. The zero-order chi connectivity index (χ0) is 19.4. The number of rotatable bonds is 8. The third-order valence-electron chi connectivity index (χ3n) is 4.95. The highest BCUT2D eigenvalue weighted by atomic mass is 16.3. The van der Waals surface area contributed by atoms with Gasteiger partial charge in [0.25, 0.3) is 0 Å². The van der Waals surface area contributed by atoms with E-state index in [1.807, 2.05) is 13.0 Å². The number of nitrogens with one attached hydrogen (secondary N) is 1. The molecule has 7 heteroatoms. The Morgan fingerprint density at radius 3 is 2.85 bits per heavy atom. The van der Waals surface area contributed by atoms with Crippen LogP contribution in [0.25, 0.3) is 0 Å². The molecule has 0 bridgehead atoms. The van der Waals surface area contributed by atoms with Crippen molar-refractivity contribution in [3.8, 4) is 0 Å². The number of carbonyl (C=O) groups is 1. The molecule has 0 aromatic carbocycles. The minimum absolute atomic E-state index is 0.108. The molecule has 0 aliphatic carbocycles. The molecule has 0 saturated heterocycles. The van der Waals surface area contributed by atoms with Gasteiger partial charge in [-0.3, -0.25) is 19.3 Å². The van der Waals surface area contributed by atoms with Crippen LogP contribution in [0.15, 0.2) is 29.1 Å². The Bertz CT molecular complexity index is 738. The maximum Gasteiger partial charge on any atom is 0.237 e. The van der Waals surface area contributed by atoms with Crippen molar-refractivity contribution >= 4 is 5.91 Å². The Kier molecular flexibility index (Phi) is 6.34. The van der Waals surface area contributed by atoms with Crippen LogP contribution < -0.4 is 5.32 Å². The molecular weight excluding hydrogens is 342 g/mol. The van der Waals surface area contributed by atoms with Crippen molar-refractivity contribution in [2.45, 2.75) is 53.0 Å². The van der Waals surface area contributed by atoms with Gasteiger partial charge < -0.3 is 9.73 Å². The molecule has 2 aromatic heterocycles. The number of hydrogen-bond donors (Lipinski definition) is 1. The zero-order valence-electron chi connectivity index (χ0n) is 16.8. The van der Waals surface area contributed by atoms with Crippen molar-refractivity contribution < 1.29 is 9.21 Å². The minimum Gasteiger partial charge on any atom is -0.472 e. The van der Waals surface area contributed by atoms with Crippen LogP contribution in [0, 0.1) is 5.92 Å². The van der Waals surface area contributed by atoms with E-state index in [9.17, 15) is 4.79 Å². The van der Waals surface area contributed by atoms with E-state index in [0.717, 1.165) is 50.5 Å². The Balaban J connectivity index is 1.56. The lowest BCUT2D eigenvalue weighted by Gasteiger charge is -2.32. The lowest BCUT2D eigenvalue weighted by atomic mass is 10.2. The molecule has 2 aromatic rings. The van der Waals surface area contributed by atoms with Gasteiger partial charge in [0.15, 0.2) is 0 Å². The highest BCUT2D eigenvalue weighted by Crippen LogP contribution is 2.17. The van der Waals surface area contributed by atoms with E-state index < -0.39 is 0 Å². The molecule has 0 saturated carbocycles. The number of amides is 1. The molecule has 3 heterocycles. The second-order valence-corrected chi connectivity index (χ2v) is 7.94. The molecular formula is C20H31N5O2. The topological polar surface area (TPSA) is 66.5 Å². The molecule has 148 valence electrons. The fourth-order valence-electron chi connectivity index (χ4n) is 3.40. The Labute approximate surface area is 161 Å². The average molecular weight is 374 g/mol. The Morgan fingerprint density at radius 1 is 1.33 bits per heavy atom. The number of nitrogens with zero attached hydrogens (tertiary/aromatic N) is 4. The second kappa shape index (κ2) is 8.71. The summed E-state index contributed by atoms with van der Waals surface area (Å²) >= 11 is 0. The van der Waals surface area contributed by atoms with Crippen LogP contribution in [0.2, 0.25) is 0 Å². The fraction of sp³-hybridized carbons (Fsp3) is 0.600. The monoisotopic (exact) mass is 373 g/mol. The average Bonchev–Trinajstić information content (AvgIpc) is 3.27. The van der Waals surface area contributed by atoms with E-state index in [1.165, 1.54) is 5.69 Å². The van der Waals surface area contributed by atoms with E-state index in [-0.39, 0.29) is 11.9 Å². The quantitative estimate of drug-likeness (QED) is 0.767. The van der Waals surface area contributed by atoms with Crippen LogP contribution >= 0.6 is 0 Å². The number of carbonyl (C=O) groups excluding carboxylic acids is 1. The first-order valence-electron chi connectivity index (χ1n) is 9.69. The first kappa shape index (κ1) is 19.6. The lowest BCUT2D eigenvalue weighted by molar-refractivity contribution is -0.126. The summed E-state index contributed by atoms with van der Waals surface area (Å²) in [7, 11) is 2.08. The molecule has 0 radical (unpaired) electrons. The second-order valence-electron chi connectivity index (χ2n) is 7.94. The van der Waals surface area contributed by atoms with Crippen molar-refractivity contribution in [2.75, 3.05) is 20.1 Å². The Hall–Kier alpha value is -2.12. The standard InChI is InChI=1S/C20H31N5O2/c1-15(2)10-21-20(26)16(3)24-6-7-25-19(13-24)9-18(22-25)12-23(4)11-17-5-8-27-14-17/h5,8-9,14-16H,6-7,10-13H2,1-4H3,(H,21,26). The highest BCUT2D eigenvalue weighted by molar-refractivity contribution is 5.81. The lowest BCUT2D eigenvalue weighted by Crippen LogP contribution is -2.48. The van der Waals surface area contributed by atoms with Gasteiger partial charge in [-0.2, -0.15) is 5.10 Å². The summed E-state index contributed by atoms with van der Waals surface area (Å²) in [5, 5.41) is 7.78. The molecule has 0 spiro atoms. The minimum atomic E-state index is -0.125. The molecule has 1 atom stereocenters. The first-order valence-corrected chi connectivity index (χ1v) is 9.69. The predicted octanol–water partition coefficient (Wildman–Crippen LogP) is 2.08. The number of hydrogen-bond acceptors (Lipinski definition) is 5. The molecule has 0 fully saturated rings. The predicted molar refractivity (Wildman–Crippen MR) is 104 cm³/mol. The van der Waals surface area contributed by atoms with E-state index >= 15 is 0 Å². The van der Waals surface area contributed by atoms with E-state index in [1.54, 1.807) is 12.5 Å². The largest absolute Gasteiger partial charge is 0.472 e. The van der Waals surface area contributed by atoms with Crippen LogP contribution in [-0.2, 0) is 31.0 Å². The SMILES string of the molecule is CC(C)CNC(=O)C(C)N1CCn2nc(CN(C)Cc3ccoc3)cc2C1. The molecule has 1 unspecified atom stereocenters. The first-order chi connectivity index (χ1) is 12.9. The summed E-state index contributed by atoms with van der Waals surface area (Å²) in [5.74, 6) is 0.572. The van der Waals surface area contributed by atoms with E-state index in [2.05, 4.69) is 46.8 Å². The van der Waals surface area contributed by atoms with Gasteiger partial charge in [-0.15, -0.1) is 0 Å². The number of furan rings is 1. The van der Waals surface area contributed by atoms with Gasteiger partial charge in [-0.25, -0.2) is 0 Å². The molecule has 1 amide bonds. The van der Waals surface area contributed by atoms with Crippen molar-refractivity contribution in [3.05, 3.63) is 41.6 Å². The third-order valence-corrected chi connectivity index (χ3v) is 4.95. The van der Waals surface area contributed by atoms with Gasteiger partial charge in [-0.1, -0.05) is 13.8 Å². The van der Waals surface area contributed by atoms with Gasteiger partial charge >= 0.3 is 0 Å². The molecule has 3 rings (SSSR count). The van der Waals surface area contributed by atoms with Crippen molar-refractivity contribution in [3.63, 3.8) is 0 Å². The zero-order valence-corrected chi connectivity index (χ0v) is 16.8. The van der Waals surface area contributed by atoms with Gasteiger partial charge in [0, 0.05) is 38.3 Å². The van der Waals surface area contributed by atoms with Gasteiger partial charge in [0.2, 0.25) is 5.91 Å². The summed E-state index contributed by atoms with van der Waals surface area (Å²) in [6.45, 7) is 11.0. The summed E-state index contributed by atoms with van der Waals surface area (Å²) < 4.78 is 7.21. The smallest absolute Gasteiger partial charge is 0.237 e. The summed E-state index contributed by atoms with van der Waals surface area (Å²) in [6.07, 6.45) is 3.48. The maximum atomic E-state index is 12.4. The fourth-order valence-corrected chi connectivity index (χ4v) is 3.40. The Morgan fingerprint density at radius 2 is 2.15 bits per heavy atom. The van der Waals surface area contributed by atoms with Crippen LogP contribution in [0.1, 0.15) is 37.7 Å². The molecule has 1 N–H and O–H groups in total. The van der Waals surface area contributed by atoms with Gasteiger partial charge in [-0.05, 0) is 32.0 Å². The van der Waals surface area contributed by atoms with Crippen molar-refractivity contribution in [1.82, 2.24) is 24.9 Å². The third kappa shape index (κ3) is 5.20. The number of fused-ring (bicyclic) bond motifs is 1. The van der Waals surface area contributed by atoms with Crippen molar-refractivity contribution in [2.24, 2.45) is 5.92 Å². The van der Waals surface area contributed by atoms with Crippen molar-refractivity contribution in [1.29, 1.82) is 0 Å². The summed E-state index contributed by atoms with van der Waals surface area (Å²) in [6, 6.07) is 4.02. The molecule has 7 nitrogen and oxygen atoms in total. The van der Waals surface area contributed by atoms with Crippen LogP contribution in [0.3, 0.4) is 0 Å². The van der Waals surface area contributed by atoms with Crippen LogP contribution in [0.4, 0.5) is 0 Å². The summed E-state index contributed by atoms with van der Waals surface area (Å²) in [4.78, 5) is 16.8. The number of aromatic nitrogens is 2. The van der Waals surface area contributed by atoms with Crippen LogP contribution in [0.5, 0.6) is 0 Å². The summed E-state index contributed by atoms with van der Waals surface area (Å²) in [5.41, 5.74) is 3.40. The molecule has 1 aliphatic rings.